The molecule has 0 aliphatic rings. The second-order valence-electron chi connectivity index (χ2n) is 2.92. The van der Waals surface area contributed by atoms with Crippen LogP contribution in [0.3, 0.4) is 0 Å². The fourth-order valence-electron chi connectivity index (χ4n) is 1.09. The normalized spacial score (nSPS) is 10.8. The Kier molecular flexibility index (Phi) is 8.56. The number of isocyanates is 1. The summed E-state index contributed by atoms with van der Waals surface area (Å²) in [4.78, 5) is 24.4. The van der Waals surface area contributed by atoms with Gasteiger partial charge in [0.05, 0.1) is 13.2 Å². The summed E-state index contributed by atoms with van der Waals surface area (Å²) in [7, 11) is 0. The molecule has 88 valence electrons. The molecule has 0 aromatic carbocycles. The predicted octanol–water partition coefficient (Wildman–Crippen LogP) is 0.922. The maximum absolute atomic E-state index is 11.3. The lowest BCUT2D eigenvalue weighted by atomic mass is 10.1. The van der Waals surface area contributed by atoms with Gasteiger partial charge in [-0.25, -0.2) is 14.6 Å². The molecular weight excluding hydrogens is 212 g/mol. The first-order valence-electron chi connectivity index (χ1n) is 5.01. The Morgan fingerprint density at radius 2 is 2.25 bits per heavy atom. The molecule has 0 saturated carbocycles. The minimum absolute atomic E-state index is 0.250. The average Bonchev–Trinajstić information content (AvgIpc) is 2.27. The van der Waals surface area contributed by atoms with E-state index in [0.29, 0.717) is 25.8 Å². The van der Waals surface area contributed by atoms with E-state index in [0.717, 1.165) is 0 Å². The van der Waals surface area contributed by atoms with E-state index in [4.69, 9.17) is 10.00 Å². The molecule has 0 aliphatic carbocycles. The third-order valence-electron chi connectivity index (χ3n) is 1.80. The molecule has 6 nitrogen and oxygen atoms in total. The number of unbranched alkanes of at least 4 members (excludes halogenated alkanes) is 1. The summed E-state index contributed by atoms with van der Waals surface area (Å²) in [6.07, 6.45) is 3.68. The van der Waals surface area contributed by atoms with Gasteiger partial charge in [-0.2, -0.15) is 5.26 Å². The fraction of sp³-hybridized carbons (Fsp3) is 0.700. The van der Waals surface area contributed by atoms with E-state index < -0.39 is 12.1 Å². The molecule has 0 fully saturated rings. The number of esters is 1. The zero-order valence-corrected chi connectivity index (χ0v) is 9.14. The van der Waals surface area contributed by atoms with Gasteiger partial charge in [-0.3, -0.25) is 0 Å². The largest absolute Gasteiger partial charge is 0.463 e. The molecule has 0 radical (unpaired) electrons. The van der Waals surface area contributed by atoms with Gasteiger partial charge in [0.25, 0.3) is 6.26 Å². The number of rotatable bonds is 8. The van der Waals surface area contributed by atoms with Gasteiger partial charge in [0, 0.05) is 0 Å². The van der Waals surface area contributed by atoms with Crippen LogP contribution in [0.5, 0.6) is 0 Å². The first-order chi connectivity index (χ1) is 7.76. The number of carbonyl (C=O) groups excluding carboxylic acids is 2. The van der Waals surface area contributed by atoms with Gasteiger partial charge in [-0.05, 0) is 26.2 Å². The Morgan fingerprint density at radius 1 is 1.50 bits per heavy atom. The maximum atomic E-state index is 11.3. The summed E-state index contributed by atoms with van der Waals surface area (Å²) < 4.78 is 9.32. The Bertz CT molecular complexity index is 292. The van der Waals surface area contributed by atoms with Crippen molar-refractivity contribution in [1.29, 1.82) is 5.26 Å². The molecule has 6 heteroatoms. The number of carbonyl (C=O) groups is 1. The highest BCUT2D eigenvalue weighted by Crippen LogP contribution is 2.07. The van der Waals surface area contributed by atoms with Crippen molar-refractivity contribution in [3.63, 3.8) is 0 Å². The zero-order chi connectivity index (χ0) is 12.2. The zero-order valence-electron chi connectivity index (χ0n) is 9.14. The van der Waals surface area contributed by atoms with Crippen LogP contribution >= 0.6 is 0 Å². The van der Waals surface area contributed by atoms with Crippen molar-refractivity contribution in [3.8, 4) is 6.26 Å². The smallest absolute Gasteiger partial charge is 0.348 e. The molecule has 0 aromatic heterocycles. The second kappa shape index (κ2) is 9.69. The Morgan fingerprint density at radius 3 is 2.81 bits per heavy atom. The summed E-state index contributed by atoms with van der Waals surface area (Å²) in [6.45, 7) is 2.30. The standard InChI is InChI=1S/C10H14N2O4/c1-2-15-10(14)9(16-7-11)5-3-4-6-12-8-13/h9H,2-6H2,1H3. The molecule has 16 heavy (non-hydrogen) atoms. The van der Waals surface area contributed by atoms with Crippen molar-refractivity contribution in [2.24, 2.45) is 4.99 Å². The van der Waals surface area contributed by atoms with Crippen LogP contribution in [-0.4, -0.2) is 31.3 Å². The maximum Gasteiger partial charge on any atom is 0.348 e. The number of hydrogen-bond acceptors (Lipinski definition) is 6. The lowest BCUT2D eigenvalue weighted by Gasteiger charge is -2.11. The number of ether oxygens (including phenoxy) is 2. The van der Waals surface area contributed by atoms with E-state index in [-0.39, 0.29) is 6.61 Å². The first-order valence-corrected chi connectivity index (χ1v) is 5.01. The predicted molar refractivity (Wildman–Crippen MR) is 54.0 cm³/mol. The molecule has 0 aliphatic heterocycles. The van der Waals surface area contributed by atoms with Crippen molar-refractivity contribution in [2.45, 2.75) is 32.3 Å². The van der Waals surface area contributed by atoms with E-state index in [9.17, 15) is 9.59 Å². The molecule has 0 bridgehead atoms. The van der Waals surface area contributed by atoms with Crippen LogP contribution in [0.15, 0.2) is 4.99 Å². The van der Waals surface area contributed by atoms with Crippen LogP contribution in [0, 0.1) is 11.5 Å². The lowest BCUT2D eigenvalue weighted by Crippen LogP contribution is -2.25. The fourth-order valence-corrected chi connectivity index (χ4v) is 1.09. The Labute approximate surface area is 93.9 Å². The number of nitriles is 1. The summed E-state index contributed by atoms with van der Waals surface area (Å²) >= 11 is 0. The Balaban J connectivity index is 3.89. The molecule has 1 unspecified atom stereocenters. The molecule has 0 spiro atoms. The minimum atomic E-state index is -0.856. The molecule has 0 N–H and O–H groups in total. The highest BCUT2D eigenvalue weighted by molar-refractivity contribution is 5.74. The highest BCUT2D eigenvalue weighted by Gasteiger charge is 2.20. The van der Waals surface area contributed by atoms with Crippen LogP contribution in [0.25, 0.3) is 0 Å². The SMILES string of the molecule is CCOC(=O)C(CCCCN=C=O)OC#N. The van der Waals surface area contributed by atoms with Crippen LogP contribution in [-0.2, 0) is 19.1 Å². The molecule has 0 heterocycles. The van der Waals surface area contributed by atoms with E-state index in [1.165, 1.54) is 12.3 Å². The van der Waals surface area contributed by atoms with Crippen LogP contribution in [0.2, 0.25) is 0 Å². The van der Waals surface area contributed by atoms with E-state index in [1.54, 1.807) is 6.92 Å². The quantitative estimate of drug-likeness (QED) is 0.202. The lowest BCUT2D eigenvalue weighted by molar-refractivity contribution is -0.153. The van der Waals surface area contributed by atoms with Gasteiger partial charge < -0.3 is 9.47 Å². The average molecular weight is 226 g/mol. The topological polar surface area (TPSA) is 88.8 Å². The monoisotopic (exact) mass is 226 g/mol. The minimum Gasteiger partial charge on any atom is -0.463 e. The summed E-state index contributed by atoms with van der Waals surface area (Å²) in [5.41, 5.74) is 0. The molecule has 0 aromatic rings. The van der Waals surface area contributed by atoms with Crippen molar-refractivity contribution in [3.05, 3.63) is 0 Å². The highest BCUT2D eigenvalue weighted by atomic mass is 16.6. The van der Waals surface area contributed by atoms with Gasteiger partial charge in [-0.15, -0.1) is 0 Å². The number of hydrogen-bond donors (Lipinski definition) is 0. The molecular formula is C10H14N2O4. The molecule has 0 amide bonds. The van der Waals surface area contributed by atoms with Gasteiger partial charge in [-0.1, -0.05) is 0 Å². The third-order valence-corrected chi connectivity index (χ3v) is 1.80. The molecule has 0 rings (SSSR count). The van der Waals surface area contributed by atoms with Crippen molar-refractivity contribution < 1.29 is 19.1 Å². The first kappa shape index (κ1) is 14.1. The number of nitrogens with zero attached hydrogens (tertiary/aromatic N) is 2. The van der Waals surface area contributed by atoms with Gasteiger partial charge >= 0.3 is 5.97 Å². The Hall–Kier alpha value is -1.86. The van der Waals surface area contributed by atoms with Gasteiger partial charge in [0.15, 0.2) is 0 Å². The van der Waals surface area contributed by atoms with E-state index >= 15 is 0 Å². The molecule has 0 saturated heterocycles. The van der Waals surface area contributed by atoms with Crippen LogP contribution < -0.4 is 0 Å². The third kappa shape index (κ3) is 6.57. The summed E-state index contributed by atoms with van der Waals surface area (Å²) in [5.74, 6) is -0.539. The van der Waals surface area contributed by atoms with Crippen molar-refractivity contribution in [2.75, 3.05) is 13.2 Å². The van der Waals surface area contributed by atoms with Crippen LogP contribution in [0.1, 0.15) is 26.2 Å². The summed E-state index contributed by atoms with van der Waals surface area (Å²) in [5, 5.41) is 8.34. The second-order valence-corrected chi connectivity index (χ2v) is 2.92. The van der Waals surface area contributed by atoms with Gasteiger partial charge in [0.1, 0.15) is 0 Å². The number of aliphatic imine (C=N–C) groups is 1. The van der Waals surface area contributed by atoms with E-state index in [2.05, 4.69) is 9.73 Å². The van der Waals surface area contributed by atoms with E-state index in [1.807, 2.05) is 0 Å². The molecule has 1 atom stereocenters. The van der Waals surface area contributed by atoms with Gasteiger partial charge in [0.2, 0.25) is 12.2 Å². The van der Waals surface area contributed by atoms with Crippen LogP contribution in [0.4, 0.5) is 0 Å². The van der Waals surface area contributed by atoms with Crippen molar-refractivity contribution >= 4 is 12.0 Å². The van der Waals surface area contributed by atoms with Crippen molar-refractivity contribution in [1.82, 2.24) is 0 Å². The summed E-state index contributed by atoms with van der Waals surface area (Å²) in [6, 6.07) is 0.